The summed E-state index contributed by atoms with van der Waals surface area (Å²) < 4.78 is 4.87. The van der Waals surface area contributed by atoms with Gasteiger partial charge < -0.3 is 20.5 Å². The van der Waals surface area contributed by atoms with Crippen LogP contribution in [0.2, 0.25) is 0 Å². The van der Waals surface area contributed by atoms with E-state index in [9.17, 15) is 14.4 Å². The summed E-state index contributed by atoms with van der Waals surface area (Å²) in [4.78, 5) is 35.3. The van der Waals surface area contributed by atoms with Gasteiger partial charge in [-0.15, -0.1) is 11.8 Å². The molecule has 0 saturated carbocycles. The van der Waals surface area contributed by atoms with Gasteiger partial charge in [0.25, 0.3) is 0 Å². The van der Waals surface area contributed by atoms with Crippen molar-refractivity contribution >= 4 is 41.0 Å². The first-order valence-electron chi connectivity index (χ1n) is 8.87. The number of aryl methyl sites for hydroxylation is 1. The highest BCUT2D eigenvalue weighted by Crippen LogP contribution is 2.16. The molecule has 3 amide bonds. The molecule has 0 bridgehead atoms. The summed E-state index contributed by atoms with van der Waals surface area (Å²) in [5.74, 6) is 0.820. The fourth-order valence-corrected chi connectivity index (χ4v) is 2.94. The molecule has 9 heteroatoms. The summed E-state index contributed by atoms with van der Waals surface area (Å²) in [5, 5.41) is 11.9. The van der Waals surface area contributed by atoms with Gasteiger partial charge >= 0.3 is 0 Å². The van der Waals surface area contributed by atoms with Crippen LogP contribution in [0.3, 0.4) is 0 Å². The fourth-order valence-electron chi connectivity index (χ4n) is 2.31. The number of amides is 3. The first-order valence-corrected chi connectivity index (χ1v) is 10.0. The predicted molar refractivity (Wildman–Crippen MR) is 109 cm³/mol. The van der Waals surface area contributed by atoms with E-state index in [4.69, 9.17) is 4.52 Å². The third kappa shape index (κ3) is 7.07. The molecule has 1 aromatic carbocycles. The van der Waals surface area contributed by atoms with Crippen LogP contribution in [0.25, 0.3) is 0 Å². The summed E-state index contributed by atoms with van der Waals surface area (Å²) >= 11 is 1.21. The van der Waals surface area contributed by atoms with Crippen molar-refractivity contribution in [2.24, 2.45) is 0 Å². The molecule has 1 atom stereocenters. The highest BCUT2D eigenvalue weighted by atomic mass is 32.2. The van der Waals surface area contributed by atoms with E-state index < -0.39 is 0 Å². The summed E-state index contributed by atoms with van der Waals surface area (Å²) in [6, 6.07) is 8.76. The third-order valence-electron chi connectivity index (χ3n) is 3.75. The number of hydrogen-bond acceptors (Lipinski definition) is 6. The zero-order valence-corrected chi connectivity index (χ0v) is 16.9. The van der Waals surface area contributed by atoms with Crippen LogP contribution < -0.4 is 16.0 Å². The van der Waals surface area contributed by atoms with E-state index in [2.05, 4.69) is 21.1 Å². The van der Waals surface area contributed by atoms with Crippen LogP contribution in [0.4, 0.5) is 11.5 Å². The molecule has 8 nitrogen and oxygen atoms in total. The molecule has 0 fully saturated rings. The lowest BCUT2D eigenvalue weighted by molar-refractivity contribution is -0.119. The van der Waals surface area contributed by atoms with Gasteiger partial charge in [0.1, 0.15) is 5.76 Å². The summed E-state index contributed by atoms with van der Waals surface area (Å²) in [7, 11) is 0. The maximum atomic E-state index is 12.1. The van der Waals surface area contributed by atoms with Gasteiger partial charge in [0, 0.05) is 18.2 Å². The normalized spacial score (nSPS) is 11.5. The van der Waals surface area contributed by atoms with E-state index in [1.807, 2.05) is 19.1 Å². The van der Waals surface area contributed by atoms with Crippen molar-refractivity contribution in [3.63, 3.8) is 0 Å². The maximum Gasteiger partial charge on any atom is 0.235 e. The van der Waals surface area contributed by atoms with Crippen molar-refractivity contribution in [1.29, 1.82) is 0 Å². The summed E-state index contributed by atoms with van der Waals surface area (Å²) in [6.45, 7) is 5.40. The number of anilines is 2. The van der Waals surface area contributed by atoms with Crippen LogP contribution in [-0.2, 0) is 14.4 Å². The van der Waals surface area contributed by atoms with Crippen molar-refractivity contribution < 1.29 is 18.9 Å². The topological polar surface area (TPSA) is 113 Å². The second kappa shape index (κ2) is 10.5. The fraction of sp³-hybridized carbons (Fsp3) is 0.368. The molecular formula is C19H24N4O4S. The average molecular weight is 404 g/mol. The molecule has 1 aromatic heterocycles. The van der Waals surface area contributed by atoms with Crippen LogP contribution in [0.5, 0.6) is 0 Å². The Hall–Kier alpha value is -2.81. The van der Waals surface area contributed by atoms with Crippen molar-refractivity contribution in [3.05, 3.63) is 41.7 Å². The van der Waals surface area contributed by atoms with Gasteiger partial charge in [-0.1, -0.05) is 24.2 Å². The minimum absolute atomic E-state index is 0.0474. The molecule has 150 valence electrons. The third-order valence-corrected chi connectivity index (χ3v) is 4.69. The number of carbonyl (C=O) groups excluding carboxylic acids is 3. The molecule has 2 rings (SSSR count). The molecule has 2 aromatic rings. The Morgan fingerprint density at radius 1 is 1.07 bits per heavy atom. The average Bonchev–Trinajstić information content (AvgIpc) is 3.06. The van der Waals surface area contributed by atoms with E-state index in [-0.39, 0.29) is 35.3 Å². The van der Waals surface area contributed by atoms with E-state index in [0.717, 1.165) is 11.3 Å². The molecule has 3 N–H and O–H groups in total. The van der Waals surface area contributed by atoms with Crippen molar-refractivity contribution in [1.82, 2.24) is 10.5 Å². The molecule has 1 heterocycles. The maximum absolute atomic E-state index is 12.1. The van der Waals surface area contributed by atoms with Crippen LogP contribution in [0.1, 0.15) is 37.6 Å². The van der Waals surface area contributed by atoms with Gasteiger partial charge in [-0.2, -0.15) is 0 Å². The van der Waals surface area contributed by atoms with Crippen LogP contribution in [0.15, 0.2) is 34.9 Å². The highest BCUT2D eigenvalue weighted by Gasteiger charge is 2.12. The standard InChI is InChI=1S/C19H24N4O4S/c1-4-17(24)21-15-7-5-14(6-8-15)13(3)20-18(25)10-28-11-19(26)22-16-9-12(2)27-23-16/h5-9,13H,4,10-11H2,1-3H3,(H,20,25)(H,21,24)(H,22,23,26). The minimum atomic E-state index is -0.246. The molecule has 0 aliphatic carbocycles. The quantitative estimate of drug-likeness (QED) is 0.592. The smallest absolute Gasteiger partial charge is 0.235 e. The second-order valence-electron chi connectivity index (χ2n) is 6.18. The number of thioether (sulfide) groups is 1. The molecule has 0 spiro atoms. The first kappa shape index (κ1) is 21.5. The number of nitrogens with zero attached hydrogens (tertiary/aromatic N) is 1. The zero-order valence-electron chi connectivity index (χ0n) is 16.1. The Morgan fingerprint density at radius 3 is 2.36 bits per heavy atom. The number of aromatic nitrogens is 1. The Bertz CT molecular complexity index is 820. The number of benzene rings is 1. The predicted octanol–water partition coefficient (Wildman–Crippen LogP) is 2.88. The number of rotatable bonds is 9. The van der Waals surface area contributed by atoms with E-state index in [1.54, 1.807) is 32.0 Å². The van der Waals surface area contributed by atoms with Gasteiger partial charge in [-0.3, -0.25) is 14.4 Å². The van der Waals surface area contributed by atoms with Crippen LogP contribution in [0, 0.1) is 6.92 Å². The largest absolute Gasteiger partial charge is 0.360 e. The van der Waals surface area contributed by atoms with Gasteiger partial charge in [0.05, 0.1) is 17.5 Å². The second-order valence-corrected chi connectivity index (χ2v) is 7.16. The number of hydrogen-bond donors (Lipinski definition) is 3. The summed E-state index contributed by atoms with van der Waals surface area (Å²) in [5.41, 5.74) is 1.64. The molecule has 0 aliphatic rings. The number of nitrogens with one attached hydrogen (secondary N) is 3. The van der Waals surface area contributed by atoms with Gasteiger partial charge in [-0.05, 0) is 31.5 Å². The first-order chi connectivity index (χ1) is 13.4. The lowest BCUT2D eigenvalue weighted by Gasteiger charge is -2.15. The monoisotopic (exact) mass is 404 g/mol. The van der Waals surface area contributed by atoms with Crippen molar-refractivity contribution in [2.45, 2.75) is 33.2 Å². The Kier molecular flexibility index (Phi) is 8.06. The molecule has 0 radical (unpaired) electrons. The Morgan fingerprint density at radius 2 is 1.75 bits per heavy atom. The van der Waals surface area contributed by atoms with E-state index in [0.29, 0.717) is 18.0 Å². The molecule has 0 saturated heterocycles. The summed E-state index contributed by atoms with van der Waals surface area (Å²) in [6.07, 6.45) is 0.419. The molecule has 0 aliphatic heterocycles. The van der Waals surface area contributed by atoms with Crippen molar-refractivity contribution in [3.8, 4) is 0 Å². The van der Waals surface area contributed by atoms with Gasteiger partial charge in [-0.25, -0.2) is 0 Å². The van der Waals surface area contributed by atoms with Crippen molar-refractivity contribution in [2.75, 3.05) is 22.1 Å². The lowest BCUT2D eigenvalue weighted by atomic mass is 10.1. The lowest BCUT2D eigenvalue weighted by Crippen LogP contribution is -2.28. The Labute approximate surface area is 167 Å². The Balaban J connectivity index is 1.71. The highest BCUT2D eigenvalue weighted by molar-refractivity contribution is 8.00. The number of carbonyl (C=O) groups is 3. The molecular weight excluding hydrogens is 380 g/mol. The van der Waals surface area contributed by atoms with E-state index in [1.165, 1.54) is 11.8 Å². The zero-order chi connectivity index (χ0) is 20.5. The van der Waals surface area contributed by atoms with E-state index >= 15 is 0 Å². The molecule has 28 heavy (non-hydrogen) atoms. The van der Waals surface area contributed by atoms with Gasteiger partial charge in [0.15, 0.2) is 5.82 Å². The SMILES string of the molecule is CCC(=O)Nc1ccc(C(C)NC(=O)CSCC(=O)Nc2cc(C)on2)cc1. The van der Waals surface area contributed by atoms with Gasteiger partial charge in [0.2, 0.25) is 17.7 Å². The van der Waals surface area contributed by atoms with Crippen LogP contribution in [-0.4, -0.2) is 34.4 Å². The minimum Gasteiger partial charge on any atom is -0.360 e. The van der Waals surface area contributed by atoms with Crippen LogP contribution >= 0.6 is 11.8 Å². The molecule has 1 unspecified atom stereocenters.